The molecular weight excluding hydrogens is 265 g/mol. The molecule has 1 aromatic rings. The summed E-state index contributed by atoms with van der Waals surface area (Å²) >= 11 is 0. The maximum absolute atomic E-state index is 12.0. The Labute approximate surface area is 106 Å². The topological polar surface area (TPSA) is 63.6 Å². The number of hydrogen-bond acceptors (Lipinski definition) is 3. The third-order valence-corrected chi connectivity index (χ3v) is 2.24. The summed E-state index contributed by atoms with van der Waals surface area (Å²) < 4.78 is 39.9. The van der Waals surface area contributed by atoms with E-state index in [1.807, 2.05) is 0 Å². The molecule has 7 heteroatoms. The van der Waals surface area contributed by atoms with Crippen molar-refractivity contribution in [1.82, 2.24) is 0 Å². The number of ether oxygens (including phenoxy) is 1. The molecule has 1 N–H and O–H groups in total. The minimum absolute atomic E-state index is 0.303. The third-order valence-electron chi connectivity index (χ3n) is 2.24. The van der Waals surface area contributed by atoms with Gasteiger partial charge in [-0.05, 0) is 5.56 Å². The normalized spacial score (nSPS) is 12.8. The van der Waals surface area contributed by atoms with Crippen LogP contribution in [0, 0.1) is 0 Å². The lowest BCUT2D eigenvalue weighted by Gasteiger charge is -2.15. The number of carbonyl (C=O) groups is 2. The van der Waals surface area contributed by atoms with Crippen LogP contribution >= 0.6 is 0 Å². The monoisotopic (exact) mass is 276 g/mol. The van der Waals surface area contributed by atoms with Gasteiger partial charge < -0.3 is 9.84 Å². The molecule has 0 fully saturated rings. The second-order valence-corrected chi connectivity index (χ2v) is 3.78. The van der Waals surface area contributed by atoms with Crippen LogP contribution in [0.25, 0.3) is 0 Å². The number of aliphatic carboxylic acids is 1. The second kappa shape index (κ2) is 6.21. The largest absolute Gasteiger partial charge is 0.481 e. The molecule has 0 bridgehead atoms. The first-order valence-electron chi connectivity index (χ1n) is 5.29. The number of carboxylic acid groups (broad SMARTS) is 1. The van der Waals surface area contributed by atoms with Crippen molar-refractivity contribution < 1.29 is 32.6 Å². The zero-order valence-corrected chi connectivity index (χ0v) is 9.68. The van der Waals surface area contributed by atoms with Crippen molar-refractivity contribution in [2.24, 2.45) is 0 Å². The van der Waals surface area contributed by atoms with Crippen LogP contribution in [-0.4, -0.2) is 29.8 Å². The third kappa shape index (κ3) is 5.41. The van der Waals surface area contributed by atoms with E-state index in [9.17, 15) is 22.8 Å². The Balaban J connectivity index is 2.80. The quantitative estimate of drug-likeness (QED) is 0.838. The van der Waals surface area contributed by atoms with E-state index in [4.69, 9.17) is 5.11 Å². The van der Waals surface area contributed by atoms with Crippen LogP contribution in [0.3, 0.4) is 0 Å². The molecule has 1 atom stereocenters. The highest BCUT2D eigenvalue weighted by atomic mass is 19.4. The molecule has 0 amide bonds. The SMILES string of the molecule is O=C(O)C[C@@H](C(=O)OCC(F)(F)F)c1ccccc1. The zero-order valence-electron chi connectivity index (χ0n) is 9.68. The maximum Gasteiger partial charge on any atom is 0.422 e. The Bertz CT molecular complexity index is 442. The van der Waals surface area contributed by atoms with Crippen molar-refractivity contribution in [3.8, 4) is 0 Å². The van der Waals surface area contributed by atoms with Gasteiger partial charge in [0.2, 0.25) is 0 Å². The fraction of sp³-hybridized carbons (Fsp3) is 0.333. The molecule has 0 radical (unpaired) electrons. The summed E-state index contributed by atoms with van der Waals surface area (Å²) in [6.07, 6.45) is -5.26. The van der Waals surface area contributed by atoms with Gasteiger partial charge in [0.1, 0.15) is 0 Å². The number of carbonyl (C=O) groups excluding carboxylic acids is 1. The molecule has 0 heterocycles. The van der Waals surface area contributed by atoms with Gasteiger partial charge in [-0.25, -0.2) is 0 Å². The van der Waals surface area contributed by atoms with E-state index in [0.29, 0.717) is 5.56 Å². The Hall–Kier alpha value is -2.05. The van der Waals surface area contributed by atoms with Crippen LogP contribution in [0.1, 0.15) is 17.9 Å². The minimum Gasteiger partial charge on any atom is -0.481 e. The van der Waals surface area contributed by atoms with Gasteiger partial charge in [-0.2, -0.15) is 13.2 Å². The molecule has 0 aromatic heterocycles. The van der Waals surface area contributed by atoms with Gasteiger partial charge in [0.05, 0.1) is 12.3 Å². The van der Waals surface area contributed by atoms with Gasteiger partial charge in [-0.1, -0.05) is 30.3 Å². The van der Waals surface area contributed by atoms with Crippen LogP contribution in [0.15, 0.2) is 30.3 Å². The fourth-order valence-electron chi connectivity index (χ4n) is 1.45. The first kappa shape index (κ1) is 15.0. The summed E-state index contributed by atoms with van der Waals surface area (Å²) in [6, 6.07) is 7.68. The molecule has 104 valence electrons. The van der Waals surface area contributed by atoms with E-state index in [2.05, 4.69) is 4.74 Å². The number of esters is 1. The van der Waals surface area contributed by atoms with Crippen LogP contribution in [0.4, 0.5) is 13.2 Å². The summed E-state index contributed by atoms with van der Waals surface area (Å²) in [4.78, 5) is 22.2. The van der Waals surface area contributed by atoms with Crippen LogP contribution in [0.5, 0.6) is 0 Å². The van der Waals surface area contributed by atoms with E-state index in [1.54, 1.807) is 18.2 Å². The first-order chi connectivity index (χ1) is 8.79. The van der Waals surface area contributed by atoms with E-state index < -0.39 is 37.1 Å². The number of carboxylic acids is 1. The molecule has 0 aliphatic heterocycles. The first-order valence-corrected chi connectivity index (χ1v) is 5.29. The average molecular weight is 276 g/mol. The summed E-state index contributed by atoms with van der Waals surface area (Å²) in [6.45, 7) is -1.73. The predicted octanol–water partition coefficient (Wildman–Crippen LogP) is 2.35. The number of rotatable bonds is 5. The Morgan fingerprint density at radius 3 is 2.26 bits per heavy atom. The zero-order chi connectivity index (χ0) is 14.5. The van der Waals surface area contributed by atoms with E-state index in [-0.39, 0.29) is 0 Å². The minimum atomic E-state index is -4.64. The highest BCUT2D eigenvalue weighted by molar-refractivity contribution is 5.83. The molecular formula is C12H11F3O4. The van der Waals surface area contributed by atoms with E-state index in [1.165, 1.54) is 12.1 Å². The van der Waals surface area contributed by atoms with Crippen molar-refractivity contribution in [3.05, 3.63) is 35.9 Å². The van der Waals surface area contributed by atoms with Crippen molar-refractivity contribution >= 4 is 11.9 Å². The van der Waals surface area contributed by atoms with Crippen LogP contribution in [0.2, 0.25) is 0 Å². The number of alkyl halides is 3. The fourth-order valence-corrected chi connectivity index (χ4v) is 1.45. The Morgan fingerprint density at radius 1 is 1.21 bits per heavy atom. The lowest BCUT2D eigenvalue weighted by molar-refractivity contribution is -0.187. The summed E-state index contributed by atoms with van der Waals surface area (Å²) in [5, 5.41) is 8.69. The van der Waals surface area contributed by atoms with Gasteiger partial charge in [-0.15, -0.1) is 0 Å². The molecule has 0 aliphatic rings. The molecule has 0 aliphatic carbocycles. The predicted molar refractivity (Wildman–Crippen MR) is 58.4 cm³/mol. The summed E-state index contributed by atoms with van der Waals surface area (Å²) in [7, 11) is 0. The van der Waals surface area contributed by atoms with Gasteiger partial charge in [-0.3, -0.25) is 9.59 Å². The molecule has 1 aromatic carbocycles. The molecule has 0 saturated heterocycles. The number of halogens is 3. The lowest BCUT2D eigenvalue weighted by atomic mass is 9.96. The smallest absolute Gasteiger partial charge is 0.422 e. The standard InChI is InChI=1S/C12H11F3O4/c13-12(14,15)7-19-11(18)9(6-10(16)17)8-4-2-1-3-5-8/h1-5,9H,6-7H2,(H,16,17)/t9-/m1/s1. The van der Waals surface area contributed by atoms with Crippen LogP contribution < -0.4 is 0 Å². The Kier molecular flexibility index (Phi) is 4.91. The maximum atomic E-state index is 12.0. The molecule has 0 saturated carbocycles. The second-order valence-electron chi connectivity index (χ2n) is 3.78. The van der Waals surface area contributed by atoms with Crippen molar-refractivity contribution in [2.45, 2.75) is 18.5 Å². The molecule has 19 heavy (non-hydrogen) atoms. The van der Waals surface area contributed by atoms with Crippen molar-refractivity contribution in [2.75, 3.05) is 6.61 Å². The summed E-state index contributed by atoms with van der Waals surface area (Å²) in [5.41, 5.74) is 0.303. The van der Waals surface area contributed by atoms with Gasteiger partial charge in [0.25, 0.3) is 0 Å². The molecule has 0 unspecified atom stereocenters. The van der Waals surface area contributed by atoms with E-state index >= 15 is 0 Å². The van der Waals surface area contributed by atoms with Crippen molar-refractivity contribution in [3.63, 3.8) is 0 Å². The lowest BCUT2D eigenvalue weighted by Crippen LogP contribution is -2.25. The van der Waals surface area contributed by atoms with Gasteiger partial charge >= 0.3 is 18.1 Å². The van der Waals surface area contributed by atoms with Crippen LogP contribution in [-0.2, 0) is 14.3 Å². The molecule has 0 spiro atoms. The number of benzene rings is 1. The molecule has 4 nitrogen and oxygen atoms in total. The van der Waals surface area contributed by atoms with Gasteiger partial charge in [0, 0.05) is 0 Å². The number of hydrogen-bond donors (Lipinski definition) is 1. The van der Waals surface area contributed by atoms with E-state index in [0.717, 1.165) is 0 Å². The Morgan fingerprint density at radius 2 is 1.79 bits per heavy atom. The molecule has 1 rings (SSSR count). The highest BCUT2D eigenvalue weighted by Gasteiger charge is 2.32. The summed E-state index contributed by atoms with van der Waals surface area (Å²) in [5.74, 6) is -3.75. The van der Waals surface area contributed by atoms with Gasteiger partial charge in [0.15, 0.2) is 6.61 Å². The average Bonchev–Trinajstić information content (AvgIpc) is 2.33. The van der Waals surface area contributed by atoms with Crippen molar-refractivity contribution in [1.29, 1.82) is 0 Å². The highest BCUT2D eigenvalue weighted by Crippen LogP contribution is 2.23.